The molecule has 3 aromatic carbocycles. The van der Waals surface area contributed by atoms with Crippen molar-refractivity contribution in [1.29, 1.82) is 0 Å². The van der Waals surface area contributed by atoms with Crippen molar-refractivity contribution < 1.29 is 18.0 Å². The van der Waals surface area contributed by atoms with Crippen LogP contribution in [0.5, 0.6) is 0 Å². The second-order valence-electron chi connectivity index (χ2n) is 9.41. The molecule has 3 aromatic rings. The molecule has 0 saturated heterocycles. The second kappa shape index (κ2) is 13.0. The smallest absolute Gasteiger partial charge is 0.264 e. The van der Waals surface area contributed by atoms with E-state index in [0.29, 0.717) is 20.6 Å². The summed E-state index contributed by atoms with van der Waals surface area (Å²) in [5.74, 6) is -0.962. The van der Waals surface area contributed by atoms with Gasteiger partial charge in [0.05, 0.1) is 20.6 Å². The monoisotopic (exact) mass is 609 g/mol. The van der Waals surface area contributed by atoms with Gasteiger partial charge in [0.2, 0.25) is 11.8 Å². The number of benzene rings is 3. The van der Waals surface area contributed by atoms with Crippen LogP contribution in [0.4, 0.5) is 5.69 Å². The Morgan fingerprint density at radius 1 is 0.872 bits per heavy atom. The first kappa shape index (κ1) is 30.8. The molecule has 0 aliphatic heterocycles. The highest BCUT2D eigenvalue weighted by atomic mass is 35.5. The van der Waals surface area contributed by atoms with E-state index in [2.05, 4.69) is 5.32 Å². The zero-order chi connectivity index (χ0) is 28.9. The van der Waals surface area contributed by atoms with Crippen molar-refractivity contribution in [3.8, 4) is 0 Å². The van der Waals surface area contributed by atoms with E-state index in [-0.39, 0.29) is 29.1 Å². The average molecular weight is 611 g/mol. The maximum Gasteiger partial charge on any atom is 0.264 e. The molecule has 39 heavy (non-hydrogen) atoms. The summed E-state index contributed by atoms with van der Waals surface area (Å²) >= 11 is 18.3. The van der Waals surface area contributed by atoms with Crippen LogP contribution >= 0.6 is 34.8 Å². The molecule has 0 aliphatic carbocycles. The van der Waals surface area contributed by atoms with E-state index in [1.54, 1.807) is 49.4 Å². The normalized spacial score (nSPS) is 12.2. The van der Waals surface area contributed by atoms with Gasteiger partial charge in [0, 0.05) is 17.6 Å². The van der Waals surface area contributed by atoms with Crippen LogP contribution in [-0.2, 0) is 26.2 Å². The zero-order valence-corrected chi connectivity index (χ0v) is 25.1. The number of anilines is 1. The molecule has 0 saturated carbocycles. The predicted molar refractivity (Wildman–Crippen MR) is 157 cm³/mol. The Morgan fingerprint density at radius 2 is 1.49 bits per heavy atom. The van der Waals surface area contributed by atoms with Gasteiger partial charge in [-0.1, -0.05) is 58.6 Å². The van der Waals surface area contributed by atoms with E-state index >= 15 is 0 Å². The Bertz CT molecular complexity index is 1430. The molecule has 0 unspecified atom stereocenters. The van der Waals surface area contributed by atoms with E-state index in [1.165, 1.54) is 29.2 Å². The van der Waals surface area contributed by atoms with Crippen LogP contribution in [0, 0.1) is 6.92 Å². The number of aryl methyl sites for hydroxylation is 1. The topological polar surface area (TPSA) is 86.8 Å². The second-order valence-corrected chi connectivity index (χ2v) is 12.5. The highest BCUT2D eigenvalue weighted by molar-refractivity contribution is 7.92. The number of hydrogen-bond acceptors (Lipinski definition) is 4. The number of rotatable bonds is 10. The fourth-order valence-corrected chi connectivity index (χ4v) is 5.66. The predicted octanol–water partition coefficient (Wildman–Crippen LogP) is 6.09. The summed E-state index contributed by atoms with van der Waals surface area (Å²) in [5, 5.41) is 3.87. The third-order valence-corrected chi connectivity index (χ3v) is 8.72. The Labute approximate surface area is 244 Å². The summed E-state index contributed by atoms with van der Waals surface area (Å²) in [4.78, 5) is 28.2. The zero-order valence-electron chi connectivity index (χ0n) is 22.0. The van der Waals surface area contributed by atoms with Crippen LogP contribution in [0.3, 0.4) is 0 Å². The number of sulfonamides is 1. The van der Waals surface area contributed by atoms with Crippen molar-refractivity contribution in [1.82, 2.24) is 10.2 Å². The maximum atomic E-state index is 13.9. The van der Waals surface area contributed by atoms with Crippen LogP contribution in [0.2, 0.25) is 15.1 Å². The molecule has 0 aromatic heterocycles. The number of amides is 2. The molecule has 208 valence electrons. The van der Waals surface area contributed by atoms with Crippen LogP contribution in [0.1, 0.15) is 31.9 Å². The first-order valence-corrected chi connectivity index (χ1v) is 14.8. The van der Waals surface area contributed by atoms with Gasteiger partial charge in [0.1, 0.15) is 12.6 Å². The lowest BCUT2D eigenvalue weighted by atomic mass is 10.1. The van der Waals surface area contributed by atoms with Gasteiger partial charge in [0.15, 0.2) is 0 Å². The van der Waals surface area contributed by atoms with Crippen LogP contribution in [0.25, 0.3) is 0 Å². The minimum absolute atomic E-state index is 0.00143. The Hall–Kier alpha value is -2.78. The fraction of sp³-hybridized carbons (Fsp3) is 0.286. The molecular weight excluding hydrogens is 581 g/mol. The first-order chi connectivity index (χ1) is 18.3. The standard InChI is InChI=1S/C28H30Cl3N3O4S/c1-18(2)32-28(36)20(4)33(16-21-7-14-25(30)26(31)15-21)27(35)17-34(23-10-8-22(29)9-11-23)39(37,38)24-12-5-19(3)6-13-24/h5-15,18,20H,16-17H2,1-4H3,(H,32,36)/t20-/m0/s1. The number of nitrogens with zero attached hydrogens (tertiary/aromatic N) is 2. The van der Waals surface area contributed by atoms with Crippen LogP contribution in [0.15, 0.2) is 71.6 Å². The van der Waals surface area contributed by atoms with Crippen molar-refractivity contribution in [2.24, 2.45) is 0 Å². The molecule has 0 spiro atoms. The molecule has 1 N–H and O–H groups in total. The molecule has 2 amide bonds. The highest BCUT2D eigenvalue weighted by Gasteiger charge is 2.32. The number of hydrogen-bond donors (Lipinski definition) is 1. The van der Waals surface area contributed by atoms with Crippen molar-refractivity contribution >= 4 is 62.3 Å². The molecule has 1 atom stereocenters. The first-order valence-electron chi connectivity index (χ1n) is 12.2. The number of nitrogens with one attached hydrogen (secondary N) is 1. The lowest BCUT2D eigenvalue weighted by Crippen LogP contribution is -2.52. The molecule has 0 radical (unpaired) electrons. The van der Waals surface area contributed by atoms with E-state index in [9.17, 15) is 18.0 Å². The molecule has 0 heterocycles. The van der Waals surface area contributed by atoms with Gasteiger partial charge in [-0.3, -0.25) is 13.9 Å². The van der Waals surface area contributed by atoms with E-state index in [1.807, 2.05) is 20.8 Å². The summed E-state index contributed by atoms with van der Waals surface area (Å²) < 4.78 is 28.6. The summed E-state index contributed by atoms with van der Waals surface area (Å²) in [6, 6.07) is 16.3. The molecule has 11 heteroatoms. The maximum absolute atomic E-state index is 13.9. The minimum Gasteiger partial charge on any atom is -0.352 e. The SMILES string of the molecule is Cc1ccc(S(=O)(=O)N(CC(=O)N(Cc2ccc(Cl)c(Cl)c2)[C@@H](C)C(=O)NC(C)C)c2ccc(Cl)cc2)cc1. The Kier molecular flexibility index (Phi) is 10.3. The number of halogens is 3. The summed E-state index contributed by atoms with van der Waals surface area (Å²) in [6.07, 6.45) is 0. The molecule has 3 rings (SSSR count). The third-order valence-electron chi connectivity index (χ3n) is 5.94. The van der Waals surface area contributed by atoms with Gasteiger partial charge in [-0.25, -0.2) is 8.42 Å². The summed E-state index contributed by atoms with van der Waals surface area (Å²) in [7, 11) is -4.16. The van der Waals surface area contributed by atoms with E-state index in [0.717, 1.165) is 9.87 Å². The Balaban J connectivity index is 2.04. The molecular formula is C28H30Cl3N3O4S. The largest absolute Gasteiger partial charge is 0.352 e. The summed E-state index contributed by atoms with van der Waals surface area (Å²) in [5.41, 5.74) is 1.77. The van der Waals surface area contributed by atoms with Gasteiger partial charge < -0.3 is 10.2 Å². The van der Waals surface area contributed by atoms with E-state index < -0.39 is 28.5 Å². The third kappa shape index (κ3) is 7.88. The quantitative estimate of drug-likeness (QED) is 0.301. The van der Waals surface area contributed by atoms with Gasteiger partial charge in [0.25, 0.3) is 10.0 Å². The van der Waals surface area contributed by atoms with E-state index in [4.69, 9.17) is 34.8 Å². The highest BCUT2D eigenvalue weighted by Crippen LogP contribution is 2.27. The molecule has 7 nitrogen and oxygen atoms in total. The van der Waals surface area contributed by atoms with Crippen molar-refractivity contribution in [3.05, 3.63) is 92.9 Å². The van der Waals surface area contributed by atoms with Crippen molar-refractivity contribution in [2.75, 3.05) is 10.8 Å². The van der Waals surface area contributed by atoms with Gasteiger partial charge in [-0.15, -0.1) is 0 Å². The molecule has 0 aliphatic rings. The average Bonchev–Trinajstić information content (AvgIpc) is 2.87. The lowest BCUT2D eigenvalue weighted by Gasteiger charge is -2.32. The number of carbonyl (C=O) groups is 2. The Morgan fingerprint density at radius 3 is 2.05 bits per heavy atom. The minimum atomic E-state index is -4.16. The fourth-order valence-electron chi connectivity index (χ4n) is 3.80. The van der Waals surface area contributed by atoms with Crippen molar-refractivity contribution in [3.63, 3.8) is 0 Å². The van der Waals surface area contributed by atoms with Crippen LogP contribution < -0.4 is 9.62 Å². The van der Waals surface area contributed by atoms with Gasteiger partial charge in [-0.05, 0) is 81.8 Å². The van der Waals surface area contributed by atoms with Gasteiger partial charge in [-0.2, -0.15) is 0 Å². The molecule has 0 fully saturated rings. The van der Waals surface area contributed by atoms with Gasteiger partial charge >= 0.3 is 0 Å². The lowest BCUT2D eigenvalue weighted by molar-refractivity contribution is -0.139. The van der Waals surface area contributed by atoms with Crippen LogP contribution in [-0.4, -0.2) is 43.8 Å². The molecule has 0 bridgehead atoms. The van der Waals surface area contributed by atoms with Crippen molar-refractivity contribution in [2.45, 2.75) is 51.2 Å². The number of carbonyl (C=O) groups excluding carboxylic acids is 2. The summed E-state index contributed by atoms with van der Waals surface area (Å²) in [6.45, 7) is 6.51.